The highest BCUT2D eigenvalue weighted by Gasteiger charge is 2.14. The number of methoxy groups -OCH3 is 1. The number of rotatable bonds is 5. The van der Waals surface area contributed by atoms with Gasteiger partial charge in [0.1, 0.15) is 23.0 Å². The van der Waals surface area contributed by atoms with Crippen LogP contribution in [0.25, 0.3) is 5.69 Å². The summed E-state index contributed by atoms with van der Waals surface area (Å²) in [7, 11) is 1.63. The van der Waals surface area contributed by atoms with Crippen LogP contribution < -0.4 is 15.0 Å². The first-order valence-corrected chi connectivity index (χ1v) is 8.92. The SMILES string of the molecule is COc1cccc(-n2cnc(Nc3cc(Cl)nc(N4CCOCC4)c3)n2)c1. The largest absolute Gasteiger partial charge is 0.497 e. The maximum absolute atomic E-state index is 6.20. The fourth-order valence-corrected chi connectivity index (χ4v) is 3.04. The normalized spacial score (nSPS) is 14.2. The van der Waals surface area contributed by atoms with E-state index in [-0.39, 0.29) is 0 Å². The van der Waals surface area contributed by atoms with Gasteiger partial charge in [0, 0.05) is 30.9 Å². The van der Waals surface area contributed by atoms with E-state index in [0.717, 1.165) is 36.0 Å². The van der Waals surface area contributed by atoms with Gasteiger partial charge in [-0.05, 0) is 18.2 Å². The van der Waals surface area contributed by atoms with Crippen LogP contribution in [-0.2, 0) is 4.74 Å². The third kappa shape index (κ3) is 4.12. The van der Waals surface area contributed by atoms with E-state index < -0.39 is 0 Å². The van der Waals surface area contributed by atoms with Crippen LogP contribution >= 0.6 is 11.6 Å². The average molecular weight is 387 g/mol. The second-order valence-corrected chi connectivity index (χ2v) is 6.36. The summed E-state index contributed by atoms with van der Waals surface area (Å²) in [5.74, 6) is 2.03. The third-order valence-corrected chi connectivity index (χ3v) is 4.38. The Balaban J connectivity index is 1.54. The van der Waals surface area contributed by atoms with Crippen molar-refractivity contribution in [2.75, 3.05) is 43.6 Å². The van der Waals surface area contributed by atoms with Crippen LogP contribution in [-0.4, -0.2) is 53.2 Å². The number of ether oxygens (including phenoxy) is 2. The zero-order chi connectivity index (χ0) is 18.6. The molecule has 140 valence electrons. The highest BCUT2D eigenvalue weighted by Crippen LogP contribution is 2.24. The minimum absolute atomic E-state index is 0.411. The van der Waals surface area contributed by atoms with Crippen molar-refractivity contribution >= 4 is 29.1 Å². The molecule has 9 heteroatoms. The van der Waals surface area contributed by atoms with Crippen LogP contribution in [0.1, 0.15) is 0 Å². The first kappa shape index (κ1) is 17.6. The number of morpholine rings is 1. The monoisotopic (exact) mass is 386 g/mol. The summed E-state index contributed by atoms with van der Waals surface area (Å²) >= 11 is 6.20. The Morgan fingerprint density at radius 2 is 2.04 bits per heavy atom. The van der Waals surface area contributed by atoms with E-state index in [1.165, 1.54) is 0 Å². The number of halogens is 1. The maximum Gasteiger partial charge on any atom is 0.246 e. The molecule has 1 aliphatic rings. The topological polar surface area (TPSA) is 77.3 Å². The molecule has 1 saturated heterocycles. The predicted octanol–water partition coefficient (Wildman–Crippen LogP) is 2.90. The Labute approximate surface area is 161 Å². The number of nitrogens with zero attached hydrogens (tertiary/aromatic N) is 5. The lowest BCUT2D eigenvalue weighted by atomic mass is 10.3. The van der Waals surface area contributed by atoms with E-state index >= 15 is 0 Å². The molecule has 8 nitrogen and oxygen atoms in total. The number of hydrogen-bond acceptors (Lipinski definition) is 7. The van der Waals surface area contributed by atoms with Crippen molar-refractivity contribution in [2.24, 2.45) is 0 Å². The van der Waals surface area contributed by atoms with E-state index in [1.807, 2.05) is 30.3 Å². The first-order chi connectivity index (χ1) is 13.2. The second kappa shape index (κ2) is 7.81. The molecule has 1 aromatic carbocycles. The average Bonchev–Trinajstić information content (AvgIpc) is 3.17. The van der Waals surface area contributed by atoms with Gasteiger partial charge in [-0.15, -0.1) is 5.10 Å². The molecule has 1 N–H and O–H groups in total. The summed E-state index contributed by atoms with van der Waals surface area (Å²) in [6.45, 7) is 2.94. The van der Waals surface area contributed by atoms with Crippen LogP contribution in [0.4, 0.5) is 17.5 Å². The molecular formula is C18H19ClN6O2. The number of pyridine rings is 1. The lowest BCUT2D eigenvalue weighted by Crippen LogP contribution is -2.36. The molecule has 0 spiro atoms. The van der Waals surface area contributed by atoms with Gasteiger partial charge in [0.15, 0.2) is 0 Å². The van der Waals surface area contributed by atoms with Crippen molar-refractivity contribution in [3.8, 4) is 11.4 Å². The van der Waals surface area contributed by atoms with Gasteiger partial charge in [-0.3, -0.25) is 0 Å². The molecule has 1 fully saturated rings. The van der Waals surface area contributed by atoms with Crippen LogP contribution in [0.2, 0.25) is 5.15 Å². The Hall–Kier alpha value is -2.84. The molecule has 3 heterocycles. The molecule has 0 bridgehead atoms. The third-order valence-electron chi connectivity index (χ3n) is 4.18. The van der Waals surface area contributed by atoms with Crippen molar-refractivity contribution in [3.63, 3.8) is 0 Å². The molecule has 3 aromatic rings. The van der Waals surface area contributed by atoms with Gasteiger partial charge in [-0.2, -0.15) is 4.98 Å². The minimum atomic E-state index is 0.411. The molecule has 0 saturated carbocycles. The highest BCUT2D eigenvalue weighted by molar-refractivity contribution is 6.29. The Bertz CT molecular complexity index is 926. The number of nitrogens with one attached hydrogen (secondary N) is 1. The van der Waals surface area contributed by atoms with Crippen LogP contribution in [0.15, 0.2) is 42.7 Å². The zero-order valence-electron chi connectivity index (χ0n) is 14.8. The molecule has 0 aliphatic carbocycles. The van der Waals surface area contributed by atoms with Gasteiger partial charge in [0.05, 0.1) is 26.0 Å². The molecule has 0 amide bonds. The second-order valence-electron chi connectivity index (χ2n) is 5.98. The van der Waals surface area contributed by atoms with Crippen LogP contribution in [0.3, 0.4) is 0 Å². The quantitative estimate of drug-likeness (QED) is 0.675. The number of aromatic nitrogens is 4. The van der Waals surface area contributed by atoms with Crippen molar-refractivity contribution in [2.45, 2.75) is 0 Å². The molecule has 0 atom stereocenters. The van der Waals surface area contributed by atoms with E-state index in [9.17, 15) is 0 Å². The van der Waals surface area contributed by atoms with Crippen molar-refractivity contribution < 1.29 is 9.47 Å². The first-order valence-electron chi connectivity index (χ1n) is 8.55. The molecule has 2 aromatic heterocycles. The van der Waals surface area contributed by atoms with Crippen LogP contribution in [0, 0.1) is 0 Å². The molecular weight excluding hydrogens is 368 g/mol. The van der Waals surface area contributed by atoms with Gasteiger partial charge in [-0.25, -0.2) is 9.67 Å². The van der Waals surface area contributed by atoms with Crippen molar-refractivity contribution in [1.29, 1.82) is 0 Å². The van der Waals surface area contributed by atoms with Gasteiger partial charge in [0.25, 0.3) is 0 Å². The minimum Gasteiger partial charge on any atom is -0.497 e. The highest BCUT2D eigenvalue weighted by atomic mass is 35.5. The number of anilines is 3. The van der Waals surface area contributed by atoms with Crippen molar-refractivity contribution in [1.82, 2.24) is 19.7 Å². The van der Waals surface area contributed by atoms with Gasteiger partial charge in [0.2, 0.25) is 5.95 Å². The number of benzene rings is 1. The Morgan fingerprint density at radius 1 is 1.19 bits per heavy atom. The van der Waals surface area contributed by atoms with E-state index in [2.05, 4.69) is 25.3 Å². The summed E-state index contributed by atoms with van der Waals surface area (Å²) in [6, 6.07) is 11.3. The summed E-state index contributed by atoms with van der Waals surface area (Å²) in [5, 5.41) is 8.06. The molecule has 27 heavy (non-hydrogen) atoms. The van der Waals surface area contributed by atoms with Crippen LogP contribution in [0.5, 0.6) is 5.75 Å². The summed E-state index contributed by atoms with van der Waals surface area (Å²) < 4.78 is 12.3. The Kier molecular flexibility index (Phi) is 5.08. The predicted molar refractivity (Wildman–Crippen MR) is 103 cm³/mol. The van der Waals surface area contributed by atoms with E-state index in [4.69, 9.17) is 21.1 Å². The fraction of sp³-hybridized carbons (Fsp3) is 0.278. The lowest BCUT2D eigenvalue weighted by molar-refractivity contribution is 0.122. The van der Waals surface area contributed by atoms with Crippen molar-refractivity contribution in [3.05, 3.63) is 47.9 Å². The molecule has 0 unspecified atom stereocenters. The number of hydrogen-bond donors (Lipinski definition) is 1. The summed E-state index contributed by atoms with van der Waals surface area (Å²) in [4.78, 5) is 10.9. The smallest absolute Gasteiger partial charge is 0.246 e. The fourth-order valence-electron chi connectivity index (χ4n) is 2.84. The Morgan fingerprint density at radius 3 is 2.85 bits per heavy atom. The molecule has 4 rings (SSSR count). The molecule has 0 radical (unpaired) electrons. The summed E-state index contributed by atoms with van der Waals surface area (Å²) in [6.07, 6.45) is 1.64. The van der Waals surface area contributed by atoms with Gasteiger partial charge >= 0.3 is 0 Å². The lowest BCUT2D eigenvalue weighted by Gasteiger charge is -2.28. The standard InChI is InChI=1S/C18H19ClN6O2/c1-26-15-4-2-3-14(11-15)25-12-20-18(23-25)21-13-9-16(19)22-17(10-13)24-5-7-27-8-6-24/h2-4,9-12H,5-8H2,1H3,(H,21,22,23). The zero-order valence-corrected chi connectivity index (χ0v) is 15.6. The van der Waals surface area contributed by atoms with Gasteiger partial charge in [-0.1, -0.05) is 17.7 Å². The van der Waals surface area contributed by atoms with E-state index in [0.29, 0.717) is 24.3 Å². The van der Waals surface area contributed by atoms with E-state index in [1.54, 1.807) is 24.2 Å². The van der Waals surface area contributed by atoms with Gasteiger partial charge < -0.3 is 19.7 Å². The molecule has 1 aliphatic heterocycles. The summed E-state index contributed by atoms with van der Waals surface area (Å²) in [5.41, 5.74) is 1.64. The maximum atomic E-state index is 6.20.